The number of hydrogen-bond donors (Lipinski definition) is 2. The number of halogens is 3. The minimum Gasteiger partial charge on any atom is -0.409 e. The average Bonchev–Trinajstić information content (AvgIpc) is 2.42. The van der Waals surface area contributed by atoms with E-state index in [-0.39, 0.29) is 18.8 Å². The summed E-state index contributed by atoms with van der Waals surface area (Å²) in [7, 11) is 0. The molecule has 0 saturated heterocycles. The molecule has 0 heterocycles. The zero-order valence-electron chi connectivity index (χ0n) is 11.1. The molecule has 112 valence electrons. The molecule has 1 aromatic carbocycles. The van der Waals surface area contributed by atoms with Gasteiger partial charge in [-0.1, -0.05) is 42.4 Å². The van der Waals surface area contributed by atoms with Crippen LogP contribution in [0.4, 0.5) is 13.2 Å². The molecule has 0 bridgehead atoms. The molecule has 1 atom stereocenters. The van der Waals surface area contributed by atoms with Gasteiger partial charge in [0.25, 0.3) is 0 Å². The lowest BCUT2D eigenvalue weighted by molar-refractivity contribution is -0.150. The fraction of sp³-hybridized carbons (Fsp3) is 0.462. The van der Waals surface area contributed by atoms with Gasteiger partial charge in [0.2, 0.25) is 0 Å². The lowest BCUT2D eigenvalue weighted by atomic mass is 10.0. The van der Waals surface area contributed by atoms with E-state index < -0.39 is 18.8 Å². The summed E-state index contributed by atoms with van der Waals surface area (Å²) in [5, 5.41) is 11.5. The van der Waals surface area contributed by atoms with Crippen molar-refractivity contribution in [1.29, 1.82) is 0 Å². The summed E-state index contributed by atoms with van der Waals surface area (Å²) in [6.07, 6.45) is -4.27. The van der Waals surface area contributed by atoms with Gasteiger partial charge in [0.05, 0.1) is 6.54 Å². The van der Waals surface area contributed by atoms with E-state index in [0.29, 0.717) is 5.56 Å². The number of hydrogen-bond acceptors (Lipinski definition) is 3. The van der Waals surface area contributed by atoms with Crippen molar-refractivity contribution in [3.63, 3.8) is 0 Å². The van der Waals surface area contributed by atoms with Crippen molar-refractivity contribution in [2.24, 2.45) is 10.9 Å². The first-order valence-corrected chi connectivity index (χ1v) is 6.19. The Bertz CT molecular complexity index is 434. The van der Waals surface area contributed by atoms with Gasteiger partial charge >= 0.3 is 6.18 Å². The van der Waals surface area contributed by atoms with Gasteiger partial charge in [-0.3, -0.25) is 4.90 Å². The van der Waals surface area contributed by atoms with Gasteiger partial charge in [-0.15, -0.1) is 0 Å². The van der Waals surface area contributed by atoms with Crippen LogP contribution in [-0.2, 0) is 0 Å². The van der Waals surface area contributed by atoms with Crippen molar-refractivity contribution in [1.82, 2.24) is 4.90 Å². The highest BCUT2D eigenvalue weighted by Gasteiger charge is 2.34. The van der Waals surface area contributed by atoms with Crippen molar-refractivity contribution in [2.45, 2.75) is 25.6 Å². The Hall–Kier alpha value is -1.76. The molecule has 3 N–H and O–H groups in total. The van der Waals surface area contributed by atoms with Crippen LogP contribution in [0.25, 0.3) is 0 Å². The average molecular weight is 289 g/mol. The Balaban J connectivity index is 3.02. The van der Waals surface area contributed by atoms with Crippen LogP contribution in [0, 0.1) is 0 Å². The van der Waals surface area contributed by atoms with Crippen molar-refractivity contribution in [3.05, 3.63) is 35.9 Å². The molecule has 1 rings (SSSR count). The largest absolute Gasteiger partial charge is 0.409 e. The van der Waals surface area contributed by atoms with E-state index in [1.807, 2.05) is 0 Å². The first-order chi connectivity index (χ1) is 9.37. The van der Waals surface area contributed by atoms with Crippen LogP contribution in [0.3, 0.4) is 0 Å². The Kier molecular flexibility index (Phi) is 5.82. The second-order valence-electron chi connectivity index (χ2n) is 4.40. The molecule has 0 fully saturated rings. The Morgan fingerprint density at radius 3 is 2.40 bits per heavy atom. The minimum absolute atomic E-state index is 0.0322. The summed E-state index contributed by atoms with van der Waals surface area (Å²) in [5.41, 5.74) is 6.16. The SMILES string of the molecule is CCN(CC(F)(F)F)C(CC(N)=NO)c1ccccc1. The normalized spacial score (nSPS) is 14.6. The molecule has 0 aromatic heterocycles. The highest BCUT2D eigenvalue weighted by Crippen LogP contribution is 2.28. The maximum atomic E-state index is 12.6. The van der Waals surface area contributed by atoms with Crippen LogP contribution in [0.2, 0.25) is 0 Å². The van der Waals surface area contributed by atoms with E-state index in [4.69, 9.17) is 10.9 Å². The molecular weight excluding hydrogens is 271 g/mol. The van der Waals surface area contributed by atoms with Crippen LogP contribution in [0.15, 0.2) is 35.5 Å². The molecule has 0 saturated carbocycles. The predicted octanol–water partition coefficient (Wildman–Crippen LogP) is 2.75. The predicted molar refractivity (Wildman–Crippen MR) is 70.5 cm³/mol. The smallest absolute Gasteiger partial charge is 0.401 e. The number of oxime groups is 1. The molecule has 0 aliphatic carbocycles. The zero-order valence-corrected chi connectivity index (χ0v) is 11.1. The highest BCUT2D eigenvalue weighted by atomic mass is 19.4. The van der Waals surface area contributed by atoms with Gasteiger partial charge in [0.15, 0.2) is 0 Å². The number of amidine groups is 1. The van der Waals surface area contributed by atoms with Crippen LogP contribution in [0.1, 0.15) is 24.9 Å². The van der Waals surface area contributed by atoms with Gasteiger partial charge in [-0.2, -0.15) is 13.2 Å². The van der Waals surface area contributed by atoms with Gasteiger partial charge in [-0.25, -0.2) is 0 Å². The molecule has 0 amide bonds. The number of rotatable bonds is 6. The molecule has 0 spiro atoms. The highest BCUT2D eigenvalue weighted by molar-refractivity contribution is 5.80. The summed E-state index contributed by atoms with van der Waals surface area (Å²) in [4.78, 5) is 1.26. The minimum atomic E-state index is -4.30. The van der Waals surface area contributed by atoms with Crippen molar-refractivity contribution in [2.75, 3.05) is 13.1 Å². The van der Waals surface area contributed by atoms with Crippen LogP contribution in [0.5, 0.6) is 0 Å². The van der Waals surface area contributed by atoms with Gasteiger partial charge < -0.3 is 10.9 Å². The first kappa shape index (κ1) is 16.3. The zero-order chi connectivity index (χ0) is 15.2. The fourth-order valence-electron chi connectivity index (χ4n) is 2.04. The molecule has 0 aliphatic rings. The standard InChI is InChI=1S/C13H18F3N3O/c1-2-19(9-13(14,15)16)11(8-12(17)18-20)10-6-4-3-5-7-10/h3-7,11,20H,2,8-9H2,1H3,(H2,17,18). The van der Waals surface area contributed by atoms with Crippen LogP contribution < -0.4 is 5.73 Å². The molecule has 1 unspecified atom stereocenters. The second kappa shape index (κ2) is 7.14. The number of nitrogens with zero attached hydrogens (tertiary/aromatic N) is 2. The number of alkyl halides is 3. The van der Waals surface area contributed by atoms with Crippen molar-refractivity contribution >= 4 is 5.84 Å². The van der Waals surface area contributed by atoms with Gasteiger partial charge in [-0.05, 0) is 12.1 Å². The molecule has 4 nitrogen and oxygen atoms in total. The van der Waals surface area contributed by atoms with Gasteiger partial charge in [0, 0.05) is 12.5 Å². The van der Waals surface area contributed by atoms with Crippen molar-refractivity contribution < 1.29 is 18.4 Å². The van der Waals surface area contributed by atoms with E-state index in [9.17, 15) is 13.2 Å². The quantitative estimate of drug-likeness (QED) is 0.366. The van der Waals surface area contributed by atoms with Crippen LogP contribution in [-0.4, -0.2) is 35.2 Å². The summed E-state index contributed by atoms with van der Waals surface area (Å²) in [5.74, 6) is -0.0977. The van der Waals surface area contributed by atoms with E-state index in [2.05, 4.69) is 5.16 Å². The fourth-order valence-corrected chi connectivity index (χ4v) is 2.04. The van der Waals surface area contributed by atoms with E-state index in [0.717, 1.165) is 0 Å². The van der Waals surface area contributed by atoms with E-state index in [1.165, 1.54) is 4.90 Å². The molecule has 0 aliphatic heterocycles. The third-order valence-corrected chi connectivity index (χ3v) is 2.94. The summed E-state index contributed by atoms with van der Waals surface area (Å²) in [6, 6.07) is 8.15. The molecule has 7 heteroatoms. The van der Waals surface area contributed by atoms with E-state index >= 15 is 0 Å². The molecular formula is C13H18F3N3O. The topological polar surface area (TPSA) is 61.8 Å². The summed E-state index contributed by atoms with van der Waals surface area (Å²) >= 11 is 0. The number of benzene rings is 1. The third-order valence-electron chi connectivity index (χ3n) is 2.94. The Morgan fingerprint density at radius 2 is 1.95 bits per heavy atom. The summed E-state index contributed by atoms with van der Waals surface area (Å²) in [6.45, 7) is 0.813. The molecule has 1 aromatic rings. The monoisotopic (exact) mass is 289 g/mol. The maximum absolute atomic E-state index is 12.6. The lowest BCUT2D eigenvalue weighted by Gasteiger charge is -2.31. The van der Waals surface area contributed by atoms with Gasteiger partial charge in [0.1, 0.15) is 5.84 Å². The lowest BCUT2D eigenvalue weighted by Crippen LogP contribution is -2.38. The first-order valence-electron chi connectivity index (χ1n) is 6.19. The maximum Gasteiger partial charge on any atom is 0.401 e. The molecule has 20 heavy (non-hydrogen) atoms. The second-order valence-corrected chi connectivity index (χ2v) is 4.40. The third kappa shape index (κ3) is 5.08. The van der Waals surface area contributed by atoms with Crippen LogP contribution >= 0.6 is 0 Å². The van der Waals surface area contributed by atoms with Crippen molar-refractivity contribution in [3.8, 4) is 0 Å². The van der Waals surface area contributed by atoms with E-state index in [1.54, 1.807) is 37.3 Å². The molecule has 0 radical (unpaired) electrons. The summed E-state index contributed by atoms with van der Waals surface area (Å²) < 4.78 is 37.9. The Morgan fingerprint density at radius 1 is 1.35 bits per heavy atom. The number of nitrogens with two attached hydrogens (primary N) is 1. The Labute approximate surface area is 115 Å².